The number of halogens is 1. The number of hydrogen-bond donors (Lipinski definition) is 3. The van der Waals surface area contributed by atoms with Crippen molar-refractivity contribution in [1.29, 1.82) is 0 Å². The highest BCUT2D eigenvalue weighted by Crippen LogP contribution is 2.35. The fraction of sp³-hybridized carbons (Fsp3) is 0.812. The molecular weight excluding hydrogens is 332 g/mol. The second-order valence-corrected chi connectivity index (χ2v) is 7.01. The molecule has 0 aromatic rings. The lowest BCUT2D eigenvalue weighted by molar-refractivity contribution is -0.137. The van der Waals surface area contributed by atoms with Gasteiger partial charge in [-0.25, -0.2) is 9.69 Å². The van der Waals surface area contributed by atoms with Crippen molar-refractivity contribution in [2.45, 2.75) is 57.0 Å². The van der Waals surface area contributed by atoms with Crippen LogP contribution in [0.25, 0.3) is 0 Å². The van der Waals surface area contributed by atoms with E-state index in [0.29, 0.717) is 25.3 Å². The summed E-state index contributed by atoms with van der Waals surface area (Å²) in [6.45, 7) is 4.25. The van der Waals surface area contributed by atoms with Crippen molar-refractivity contribution in [3.63, 3.8) is 0 Å². The van der Waals surface area contributed by atoms with Gasteiger partial charge in [-0.05, 0) is 51.6 Å². The van der Waals surface area contributed by atoms with E-state index in [1.807, 2.05) is 0 Å². The SMILES string of the molecule is CC(C(=O)NCCC1CCNC1)N1C(=O)NC2(CCCC2)C1=O.Cl. The van der Waals surface area contributed by atoms with Gasteiger partial charge in [0.05, 0.1) is 0 Å². The van der Waals surface area contributed by atoms with Crippen LogP contribution in [0.3, 0.4) is 0 Å². The minimum Gasteiger partial charge on any atom is -0.354 e. The van der Waals surface area contributed by atoms with Crippen molar-refractivity contribution in [2.24, 2.45) is 5.92 Å². The lowest BCUT2D eigenvalue weighted by Gasteiger charge is -2.23. The lowest BCUT2D eigenvalue weighted by Crippen LogP contribution is -2.50. The fourth-order valence-corrected chi connectivity index (χ4v) is 3.94. The highest BCUT2D eigenvalue weighted by molar-refractivity contribution is 6.09. The first-order valence-corrected chi connectivity index (χ1v) is 8.68. The van der Waals surface area contributed by atoms with Gasteiger partial charge in [-0.1, -0.05) is 12.8 Å². The Morgan fingerprint density at radius 1 is 1.38 bits per heavy atom. The predicted octanol–water partition coefficient (Wildman–Crippen LogP) is 0.777. The Morgan fingerprint density at radius 3 is 2.71 bits per heavy atom. The van der Waals surface area contributed by atoms with E-state index in [4.69, 9.17) is 0 Å². The molecule has 0 aromatic heterocycles. The Balaban J connectivity index is 0.00000208. The average Bonchev–Trinajstić information content (AvgIpc) is 3.23. The summed E-state index contributed by atoms with van der Waals surface area (Å²) in [6.07, 6.45) is 5.30. The van der Waals surface area contributed by atoms with Gasteiger partial charge in [-0.2, -0.15) is 0 Å². The summed E-state index contributed by atoms with van der Waals surface area (Å²) < 4.78 is 0. The van der Waals surface area contributed by atoms with Gasteiger partial charge < -0.3 is 16.0 Å². The van der Waals surface area contributed by atoms with Crippen LogP contribution in [0.5, 0.6) is 0 Å². The van der Waals surface area contributed by atoms with E-state index < -0.39 is 17.6 Å². The van der Waals surface area contributed by atoms with Crippen LogP contribution in [-0.4, -0.2) is 54.0 Å². The second-order valence-electron chi connectivity index (χ2n) is 7.01. The van der Waals surface area contributed by atoms with Crippen molar-refractivity contribution < 1.29 is 14.4 Å². The first-order valence-electron chi connectivity index (χ1n) is 8.68. The van der Waals surface area contributed by atoms with Gasteiger partial charge in [0, 0.05) is 6.54 Å². The average molecular weight is 359 g/mol. The molecule has 3 fully saturated rings. The number of hydrogen-bond acceptors (Lipinski definition) is 4. The standard InChI is InChI=1S/C16H26N4O3.ClH/c1-11(13(21)18-9-5-12-4-8-17-10-12)20-14(22)16(19-15(20)23)6-2-3-7-16;/h11-12,17H,2-10H2,1H3,(H,18,21)(H,19,23);1H. The number of amides is 4. The van der Waals surface area contributed by atoms with Gasteiger partial charge in [-0.3, -0.25) is 9.59 Å². The Bertz CT molecular complexity index is 502. The largest absolute Gasteiger partial charge is 0.354 e. The van der Waals surface area contributed by atoms with Crippen molar-refractivity contribution in [2.75, 3.05) is 19.6 Å². The Labute approximate surface area is 148 Å². The fourth-order valence-electron chi connectivity index (χ4n) is 3.94. The molecule has 24 heavy (non-hydrogen) atoms. The molecule has 2 aliphatic heterocycles. The van der Waals surface area contributed by atoms with Crippen molar-refractivity contribution in [3.05, 3.63) is 0 Å². The highest BCUT2D eigenvalue weighted by atomic mass is 35.5. The molecule has 2 unspecified atom stereocenters. The molecule has 136 valence electrons. The monoisotopic (exact) mass is 358 g/mol. The summed E-state index contributed by atoms with van der Waals surface area (Å²) >= 11 is 0. The third-order valence-electron chi connectivity index (χ3n) is 5.43. The molecule has 3 rings (SSSR count). The van der Waals surface area contributed by atoms with E-state index in [-0.39, 0.29) is 24.2 Å². The summed E-state index contributed by atoms with van der Waals surface area (Å²) in [6, 6.07) is -1.19. The minimum atomic E-state index is -0.760. The van der Waals surface area contributed by atoms with Crippen molar-refractivity contribution >= 4 is 30.3 Å². The van der Waals surface area contributed by atoms with Gasteiger partial charge >= 0.3 is 6.03 Å². The summed E-state index contributed by atoms with van der Waals surface area (Å²) in [5.41, 5.74) is -0.749. The zero-order valence-electron chi connectivity index (χ0n) is 14.1. The molecule has 1 saturated carbocycles. The molecule has 7 nitrogen and oxygen atoms in total. The van der Waals surface area contributed by atoms with Crippen LogP contribution in [0.4, 0.5) is 4.79 Å². The number of carbonyl (C=O) groups is 3. The number of imide groups is 1. The minimum absolute atomic E-state index is 0. The maximum absolute atomic E-state index is 12.6. The third-order valence-corrected chi connectivity index (χ3v) is 5.43. The maximum atomic E-state index is 12.6. The Morgan fingerprint density at radius 2 is 2.08 bits per heavy atom. The molecule has 3 N–H and O–H groups in total. The molecular formula is C16H27ClN4O3. The van der Waals surface area contributed by atoms with Gasteiger partial charge in [0.1, 0.15) is 11.6 Å². The zero-order chi connectivity index (χ0) is 16.4. The lowest BCUT2D eigenvalue weighted by atomic mass is 9.97. The van der Waals surface area contributed by atoms with Gasteiger partial charge in [-0.15, -0.1) is 12.4 Å². The van der Waals surface area contributed by atoms with Crippen LogP contribution < -0.4 is 16.0 Å². The van der Waals surface area contributed by atoms with Gasteiger partial charge in [0.2, 0.25) is 5.91 Å². The van der Waals surface area contributed by atoms with Gasteiger partial charge in [0.25, 0.3) is 5.91 Å². The van der Waals surface area contributed by atoms with E-state index in [9.17, 15) is 14.4 Å². The quantitative estimate of drug-likeness (QED) is 0.633. The topological polar surface area (TPSA) is 90.5 Å². The Hall–Kier alpha value is -1.34. The molecule has 2 saturated heterocycles. The molecule has 4 amide bonds. The predicted molar refractivity (Wildman–Crippen MR) is 91.9 cm³/mol. The van der Waals surface area contributed by atoms with Crippen LogP contribution in [0.1, 0.15) is 45.4 Å². The van der Waals surface area contributed by atoms with E-state index in [0.717, 1.165) is 43.7 Å². The molecule has 3 aliphatic rings. The molecule has 0 radical (unpaired) electrons. The van der Waals surface area contributed by atoms with Gasteiger partial charge in [0.15, 0.2) is 0 Å². The summed E-state index contributed by atoms with van der Waals surface area (Å²) in [7, 11) is 0. The van der Waals surface area contributed by atoms with E-state index >= 15 is 0 Å². The highest BCUT2D eigenvalue weighted by Gasteiger charge is 2.54. The van der Waals surface area contributed by atoms with Crippen LogP contribution in [0.15, 0.2) is 0 Å². The smallest absolute Gasteiger partial charge is 0.325 e. The molecule has 2 atom stereocenters. The number of rotatable bonds is 5. The first-order chi connectivity index (χ1) is 11.0. The molecule has 0 aromatic carbocycles. The normalized spacial score (nSPS) is 26.4. The number of nitrogens with one attached hydrogen (secondary N) is 3. The second kappa shape index (κ2) is 7.70. The molecule has 2 heterocycles. The van der Waals surface area contributed by atoms with E-state index in [1.54, 1.807) is 6.92 Å². The van der Waals surface area contributed by atoms with Crippen LogP contribution >= 0.6 is 12.4 Å². The summed E-state index contributed by atoms with van der Waals surface area (Å²) in [4.78, 5) is 38.2. The van der Waals surface area contributed by atoms with E-state index in [1.165, 1.54) is 0 Å². The van der Waals surface area contributed by atoms with E-state index in [2.05, 4.69) is 16.0 Å². The molecule has 0 bridgehead atoms. The molecule has 1 aliphatic carbocycles. The number of carbonyl (C=O) groups excluding carboxylic acids is 3. The summed E-state index contributed by atoms with van der Waals surface area (Å²) in [5.74, 6) is 0.112. The Kier molecular flexibility index (Phi) is 6.09. The van der Waals surface area contributed by atoms with Crippen LogP contribution in [0.2, 0.25) is 0 Å². The first kappa shape index (κ1) is 19.0. The molecule has 1 spiro atoms. The third kappa shape index (κ3) is 3.52. The molecule has 8 heteroatoms. The van der Waals surface area contributed by atoms with Crippen LogP contribution in [-0.2, 0) is 9.59 Å². The maximum Gasteiger partial charge on any atom is 0.325 e. The number of urea groups is 1. The van der Waals surface area contributed by atoms with Crippen molar-refractivity contribution in [3.8, 4) is 0 Å². The van der Waals surface area contributed by atoms with Crippen LogP contribution in [0, 0.1) is 5.92 Å². The zero-order valence-corrected chi connectivity index (χ0v) is 14.9. The van der Waals surface area contributed by atoms with Crippen molar-refractivity contribution in [1.82, 2.24) is 20.9 Å². The number of nitrogens with zero attached hydrogens (tertiary/aromatic N) is 1. The summed E-state index contributed by atoms with van der Waals surface area (Å²) in [5, 5.41) is 8.98.